The molecule has 3 aromatic carbocycles. The Balaban J connectivity index is 1.68. The number of hydrogen-bond donors (Lipinski definition) is 4. The van der Waals surface area contributed by atoms with Crippen LogP contribution < -0.4 is 21.1 Å². The summed E-state index contributed by atoms with van der Waals surface area (Å²) in [5.41, 5.74) is 8.22. The number of allylic oxidation sites excluding steroid dienone is 1. The van der Waals surface area contributed by atoms with Crippen LogP contribution in [0.3, 0.4) is 0 Å². The molecule has 2 atom stereocenters. The van der Waals surface area contributed by atoms with Crippen molar-refractivity contribution in [2.45, 2.75) is 29.9 Å². The lowest BCUT2D eigenvalue weighted by molar-refractivity contribution is -0.111. The van der Waals surface area contributed by atoms with Crippen molar-refractivity contribution in [3.8, 4) is 5.75 Å². The molecule has 3 aromatic rings. The molecule has 0 unspecified atom stereocenters. The van der Waals surface area contributed by atoms with E-state index in [1.54, 1.807) is 73.5 Å². The molecule has 0 radical (unpaired) electrons. The van der Waals surface area contributed by atoms with Crippen LogP contribution in [0.1, 0.15) is 24.5 Å². The SMILES string of the molecule is CO[C@H](CC/C=C/C(=O)Nc1ccccc1N)[C@H](OC(=O)Nc1ccc(SC)cc1)c1ccc(OCCO)cc1. The number of benzene rings is 3. The first-order valence-corrected chi connectivity index (χ1v) is 14.0. The molecule has 40 heavy (non-hydrogen) atoms. The summed E-state index contributed by atoms with van der Waals surface area (Å²) >= 11 is 1.61. The first kappa shape index (κ1) is 30.6. The van der Waals surface area contributed by atoms with E-state index in [9.17, 15) is 9.59 Å². The van der Waals surface area contributed by atoms with Gasteiger partial charge in [0.25, 0.3) is 0 Å². The summed E-state index contributed by atoms with van der Waals surface area (Å²) in [4.78, 5) is 26.3. The molecule has 0 aliphatic rings. The maximum Gasteiger partial charge on any atom is 0.412 e. The zero-order valence-electron chi connectivity index (χ0n) is 22.5. The molecule has 0 heterocycles. The van der Waals surface area contributed by atoms with Crippen molar-refractivity contribution in [3.05, 3.63) is 90.5 Å². The number of anilines is 3. The number of carbonyl (C=O) groups is 2. The van der Waals surface area contributed by atoms with Crippen molar-refractivity contribution in [2.24, 2.45) is 0 Å². The molecule has 0 spiro atoms. The highest BCUT2D eigenvalue weighted by Crippen LogP contribution is 2.29. The number of carbonyl (C=O) groups excluding carboxylic acids is 2. The minimum absolute atomic E-state index is 0.0956. The standard InChI is InChI=1S/C30H35N3O6S/c1-37-27(9-5-6-10-28(35)33-26-8-4-3-7-25(26)31)29(21-11-15-23(16-12-21)38-20-19-34)39-30(36)32-22-13-17-24(40-2)18-14-22/h3-4,6-8,10-18,27,29,34H,5,9,19-20,31H2,1-2H3,(H,32,36)(H,33,35)/b10-6+/t27-,29-/m1/s1. The van der Waals surface area contributed by atoms with Crippen LogP contribution in [0.2, 0.25) is 0 Å². The van der Waals surface area contributed by atoms with E-state index >= 15 is 0 Å². The molecule has 10 heteroatoms. The van der Waals surface area contributed by atoms with E-state index in [0.717, 1.165) is 4.90 Å². The summed E-state index contributed by atoms with van der Waals surface area (Å²) in [5, 5.41) is 14.5. The molecular weight excluding hydrogens is 530 g/mol. The number of nitrogen functional groups attached to an aromatic ring is 1. The smallest absolute Gasteiger partial charge is 0.412 e. The van der Waals surface area contributed by atoms with Crippen LogP contribution >= 0.6 is 11.8 Å². The largest absolute Gasteiger partial charge is 0.491 e. The Hall–Kier alpha value is -3.99. The number of thioether (sulfide) groups is 1. The fourth-order valence-corrected chi connectivity index (χ4v) is 4.25. The molecule has 212 valence electrons. The summed E-state index contributed by atoms with van der Waals surface area (Å²) in [7, 11) is 1.55. The predicted octanol–water partition coefficient (Wildman–Crippen LogP) is 5.64. The second-order valence-corrected chi connectivity index (χ2v) is 9.53. The van der Waals surface area contributed by atoms with Gasteiger partial charge in [0.2, 0.25) is 5.91 Å². The number of amides is 2. The second kappa shape index (κ2) is 16.2. The van der Waals surface area contributed by atoms with Crippen LogP contribution in [-0.2, 0) is 14.3 Å². The van der Waals surface area contributed by atoms with Crippen molar-refractivity contribution in [3.63, 3.8) is 0 Å². The number of hydrogen-bond acceptors (Lipinski definition) is 8. The van der Waals surface area contributed by atoms with Gasteiger partial charge in [-0.05, 0) is 79.3 Å². The van der Waals surface area contributed by atoms with Gasteiger partial charge in [-0.3, -0.25) is 10.1 Å². The minimum atomic E-state index is -0.742. The van der Waals surface area contributed by atoms with Crippen molar-refractivity contribution < 1.29 is 28.9 Å². The van der Waals surface area contributed by atoms with Gasteiger partial charge in [0.1, 0.15) is 12.4 Å². The van der Waals surface area contributed by atoms with E-state index in [4.69, 9.17) is 25.1 Å². The summed E-state index contributed by atoms with van der Waals surface area (Å²) in [6, 6.07) is 21.5. The molecular formula is C30H35N3O6S. The van der Waals surface area contributed by atoms with Gasteiger partial charge in [0.05, 0.1) is 24.1 Å². The quantitative estimate of drug-likeness (QED) is 0.112. The summed E-state index contributed by atoms with van der Waals surface area (Å²) in [5.74, 6) is 0.279. The summed E-state index contributed by atoms with van der Waals surface area (Å²) in [6.07, 6.45) is 4.24. The maximum atomic E-state index is 12.9. The highest BCUT2D eigenvalue weighted by atomic mass is 32.2. The Morgan fingerprint density at radius 2 is 1.75 bits per heavy atom. The van der Waals surface area contributed by atoms with Gasteiger partial charge in [-0.15, -0.1) is 11.8 Å². The van der Waals surface area contributed by atoms with E-state index < -0.39 is 18.3 Å². The number of aliphatic hydroxyl groups excluding tert-OH is 1. The molecule has 0 bridgehead atoms. The van der Waals surface area contributed by atoms with Crippen molar-refractivity contribution in [2.75, 3.05) is 42.9 Å². The third kappa shape index (κ3) is 9.64. The topological polar surface area (TPSA) is 132 Å². The Morgan fingerprint density at radius 1 is 1.02 bits per heavy atom. The number of para-hydroxylation sites is 2. The van der Waals surface area contributed by atoms with Crippen LogP contribution in [0.25, 0.3) is 0 Å². The number of aliphatic hydroxyl groups is 1. The number of nitrogens with two attached hydrogens (primary N) is 1. The van der Waals surface area contributed by atoms with Gasteiger partial charge in [-0.2, -0.15) is 0 Å². The van der Waals surface area contributed by atoms with Crippen LogP contribution in [-0.4, -0.2) is 49.8 Å². The molecule has 0 saturated carbocycles. The predicted molar refractivity (Wildman–Crippen MR) is 159 cm³/mol. The fourth-order valence-electron chi connectivity index (χ4n) is 3.84. The lowest BCUT2D eigenvalue weighted by atomic mass is 10.00. The average molecular weight is 566 g/mol. The van der Waals surface area contributed by atoms with E-state index in [1.165, 1.54) is 6.08 Å². The average Bonchev–Trinajstić information content (AvgIpc) is 2.97. The van der Waals surface area contributed by atoms with Crippen LogP contribution in [0, 0.1) is 0 Å². The number of rotatable bonds is 14. The van der Waals surface area contributed by atoms with Crippen LogP contribution in [0.5, 0.6) is 5.75 Å². The Kier molecular flexibility index (Phi) is 12.4. The molecule has 0 aromatic heterocycles. The summed E-state index contributed by atoms with van der Waals surface area (Å²) in [6.45, 7) is 0.0795. The van der Waals surface area contributed by atoms with E-state index in [1.807, 2.05) is 30.5 Å². The molecule has 2 amide bonds. The van der Waals surface area contributed by atoms with Crippen LogP contribution in [0.15, 0.2) is 89.8 Å². The van der Waals surface area contributed by atoms with Gasteiger partial charge >= 0.3 is 6.09 Å². The Morgan fingerprint density at radius 3 is 2.40 bits per heavy atom. The van der Waals surface area contributed by atoms with Crippen molar-refractivity contribution in [1.82, 2.24) is 0 Å². The molecule has 9 nitrogen and oxygen atoms in total. The minimum Gasteiger partial charge on any atom is -0.491 e. The molecule has 3 rings (SSSR count). The Labute approximate surface area is 238 Å². The molecule has 0 aliphatic carbocycles. The zero-order valence-corrected chi connectivity index (χ0v) is 23.4. The first-order chi connectivity index (χ1) is 19.4. The maximum absolute atomic E-state index is 12.9. The molecule has 0 saturated heterocycles. The highest BCUT2D eigenvalue weighted by Gasteiger charge is 2.27. The Bertz CT molecular complexity index is 1250. The zero-order chi connectivity index (χ0) is 28.7. The molecule has 5 N–H and O–H groups in total. The number of nitrogens with one attached hydrogen (secondary N) is 2. The molecule has 0 aliphatic heterocycles. The van der Waals surface area contributed by atoms with Gasteiger partial charge in [0, 0.05) is 17.7 Å². The van der Waals surface area contributed by atoms with E-state index in [-0.39, 0.29) is 19.1 Å². The van der Waals surface area contributed by atoms with Crippen molar-refractivity contribution >= 4 is 40.8 Å². The summed E-state index contributed by atoms with van der Waals surface area (Å²) < 4.78 is 17.1. The highest BCUT2D eigenvalue weighted by molar-refractivity contribution is 7.98. The second-order valence-electron chi connectivity index (χ2n) is 8.65. The lowest BCUT2D eigenvalue weighted by Gasteiger charge is -2.26. The first-order valence-electron chi connectivity index (χ1n) is 12.7. The fraction of sp³-hybridized carbons (Fsp3) is 0.267. The van der Waals surface area contributed by atoms with Gasteiger partial charge in [-0.25, -0.2) is 4.79 Å². The van der Waals surface area contributed by atoms with Gasteiger partial charge in [0.15, 0.2) is 6.10 Å². The number of ether oxygens (including phenoxy) is 3. The van der Waals surface area contributed by atoms with Gasteiger partial charge < -0.3 is 30.4 Å². The normalized spacial score (nSPS) is 12.5. The monoisotopic (exact) mass is 565 g/mol. The van der Waals surface area contributed by atoms with E-state index in [0.29, 0.717) is 41.2 Å². The van der Waals surface area contributed by atoms with E-state index in [2.05, 4.69) is 10.6 Å². The van der Waals surface area contributed by atoms with Crippen LogP contribution in [0.4, 0.5) is 21.9 Å². The lowest BCUT2D eigenvalue weighted by Crippen LogP contribution is -2.28. The molecule has 0 fully saturated rings. The third-order valence-electron chi connectivity index (χ3n) is 5.89. The third-order valence-corrected chi connectivity index (χ3v) is 6.63. The number of methoxy groups -OCH3 is 1. The van der Waals surface area contributed by atoms with Gasteiger partial charge in [-0.1, -0.05) is 30.3 Å². The van der Waals surface area contributed by atoms with Crippen molar-refractivity contribution in [1.29, 1.82) is 0 Å².